The number of amides is 1. The molecule has 0 N–H and O–H groups in total. The lowest BCUT2D eigenvalue weighted by molar-refractivity contribution is -0.118. The lowest BCUT2D eigenvalue weighted by Gasteiger charge is -2.25. The fourth-order valence-electron chi connectivity index (χ4n) is 3.02. The SMILES string of the molecule is COc1cccc(N(C)C(=O)CN(Cc2ccccc2F)S(=O)(=O)c2ccc(Cl)cc2)c1. The molecule has 0 atom stereocenters. The fraction of sp³-hybridized carbons (Fsp3) is 0.174. The minimum absolute atomic E-state index is 0.0462. The molecule has 0 saturated heterocycles. The van der Waals surface area contributed by atoms with Crippen molar-refractivity contribution in [3.63, 3.8) is 0 Å². The summed E-state index contributed by atoms with van der Waals surface area (Å²) in [7, 11) is -1.08. The lowest BCUT2D eigenvalue weighted by Crippen LogP contribution is -2.41. The normalized spacial score (nSPS) is 11.4. The quantitative estimate of drug-likeness (QED) is 0.485. The van der Waals surface area contributed by atoms with Gasteiger partial charge in [0, 0.05) is 35.9 Å². The van der Waals surface area contributed by atoms with Crippen LogP contribution < -0.4 is 9.64 Å². The first-order chi connectivity index (χ1) is 15.2. The van der Waals surface area contributed by atoms with Crippen molar-refractivity contribution in [2.24, 2.45) is 0 Å². The van der Waals surface area contributed by atoms with E-state index in [0.29, 0.717) is 16.5 Å². The van der Waals surface area contributed by atoms with E-state index < -0.39 is 28.3 Å². The van der Waals surface area contributed by atoms with Crippen LogP contribution in [0.15, 0.2) is 77.7 Å². The summed E-state index contributed by atoms with van der Waals surface area (Å²) in [5.41, 5.74) is 0.686. The molecule has 0 radical (unpaired) electrons. The molecule has 3 aromatic carbocycles. The maximum Gasteiger partial charge on any atom is 0.243 e. The van der Waals surface area contributed by atoms with Crippen LogP contribution in [0.25, 0.3) is 0 Å². The number of likely N-dealkylation sites (N-methyl/N-ethyl adjacent to an activating group) is 1. The van der Waals surface area contributed by atoms with Gasteiger partial charge >= 0.3 is 0 Å². The van der Waals surface area contributed by atoms with Crippen LogP contribution in [0.4, 0.5) is 10.1 Å². The van der Waals surface area contributed by atoms with Crippen molar-refractivity contribution in [2.75, 3.05) is 25.6 Å². The summed E-state index contributed by atoms with van der Waals surface area (Å²) < 4.78 is 47.1. The summed E-state index contributed by atoms with van der Waals surface area (Å²) in [6.07, 6.45) is 0. The van der Waals surface area contributed by atoms with E-state index in [0.717, 1.165) is 4.31 Å². The van der Waals surface area contributed by atoms with Crippen LogP contribution in [0.5, 0.6) is 5.75 Å². The first kappa shape index (κ1) is 23.7. The van der Waals surface area contributed by atoms with Crippen molar-refractivity contribution < 1.29 is 22.3 Å². The Bertz CT molecular complexity index is 1200. The number of carbonyl (C=O) groups is 1. The number of halogens is 2. The van der Waals surface area contributed by atoms with Gasteiger partial charge in [0.05, 0.1) is 18.6 Å². The highest BCUT2D eigenvalue weighted by Gasteiger charge is 2.29. The Kier molecular flexibility index (Phi) is 7.50. The molecule has 0 saturated carbocycles. The van der Waals surface area contributed by atoms with Crippen LogP contribution >= 0.6 is 11.6 Å². The molecule has 3 rings (SSSR count). The minimum atomic E-state index is -4.12. The second kappa shape index (κ2) is 10.1. The zero-order chi connectivity index (χ0) is 23.3. The van der Waals surface area contributed by atoms with E-state index in [-0.39, 0.29) is 17.0 Å². The van der Waals surface area contributed by atoms with Crippen LogP contribution in [-0.4, -0.2) is 39.3 Å². The van der Waals surface area contributed by atoms with E-state index in [4.69, 9.17) is 16.3 Å². The zero-order valence-electron chi connectivity index (χ0n) is 17.5. The van der Waals surface area contributed by atoms with Crippen LogP contribution in [0.2, 0.25) is 5.02 Å². The number of rotatable bonds is 8. The number of nitrogens with zero attached hydrogens (tertiary/aromatic N) is 2. The molecule has 0 aliphatic carbocycles. The number of methoxy groups -OCH3 is 1. The van der Waals surface area contributed by atoms with Gasteiger partial charge in [-0.05, 0) is 42.5 Å². The van der Waals surface area contributed by atoms with Gasteiger partial charge in [0.15, 0.2) is 0 Å². The molecule has 3 aromatic rings. The van der Waals surface area contributed by atoms with Crippen LogP contribution in [0.3, 0.4) is 0 Å². The van der Waals surface area contributed by atoms with Crippen LogP contribution in [0, 0.1) is 5.82 Å². The van der Waals surface area contributed by atoms with E-state index in [1.807, 2.05) is 0 Å². The number of sulfonamides is 1. The average molecular weight is 477 g/mol. The molecule has 0 spiro atoms. The van der Waals surface area contributed by atoms with Gasteiger partial charge in [-0.15, -0.1) is 0 Å². The number of hydrogen-bond donors (Lipinski definition) is 0. The molecule has 6 nitrogen and oxygen atoms in total. The summed E-state index contributed by atoms with van der Waals surface area (Å²) in [4.78, 5) is 14.3. The van der Waals surface area contributed by atoms with Crippen molar-refractivity contribution in [3.8, 4) is 5.75 Å². The second-order valence-corrected chi connectivity index (χ2v) is 9.35. The summed E-state index contributed by atoms with van der Waals surface area (Å²) in [5.74, 6) is -0.497. The van der Waals surface area contributed by atoms with Crippen LogP contribution in [-0.2, 0) is 21.4 Å². The van der Waals surface area contributed by atoms with Gasteiger partial charge in [-0.1, -0.05) is 35.9 Å². The van der Waals surface area contributed by atoms with Crippen molar-refractivity contribution in [1.82, 2.24) is 4.31 Å². The number of anilines is 1. The Hall–Kier alpha value is -2.94. The van der Waals surface area contributed by atoms with Gasteiger partial charge in [-0.3, -0.25) is 4.79 Å². The Morgan fingerprint density at radius 3 is 2.38 bits per heavy atom. The molecule has 0 heterocycles. The third-order valence-electron chi connectivity index (χ3n) is 4.88. The molecule has 0 aliphatic heterocycles. The molecule has 9 heteroatoms. The number of benzene rings is 3. The monoisotopic (exact) mass is 476 g/mol. The minimum Gasteiger partial charge on any atom is -0.497 e. The first-order valence-corrected chi connectivity index (χ1v) is 11.4. The summed E-state index contributed by atoms with van der Waals surface area (Å²) in [5, 5.41) is 0.374. The molecular weight excluding hydrogens is 455 g/mol. The van der Waals surface area contributed by atoms with Gasteiger partial charge in [-0.25, -0.2) is 12.8 Å². The fourth-order valence-corrected chi connectivity index (χ4v) is 4.51. The van der Waals surface area contributed by atoms with E-state index in [1.165, 1.54) is 61.5 Å². The molecule has 168 valence electrons. The molecule has 0 aliphatic rings. The Morgan fingerprint density at radius 1 is 1.03 bits per heavy atom. The topological polar surface area (TPSA) is 66.9 Å². The predicted molar refractivity (Wildman–Crippen MR) is 122 cm³/mol. The molecule has 1 amide bonds. The van der Waals surface area contributed by atoms with Gasteiger partial charge in [0.2, 0.25) is 15.9 Å². The molecule has 0 aromatic heterocycles. The van der Waals surface area contributed by atoms with Gasteiger partial charge in [0.1, 0.15) is 11.6 Å². The van der Waals surface area contributed by atoms with Gasteiger partial charge in [0.25, 0.3) is 0 Å². The highest BCUT2D eigenvalue weighted by atomic mass is 35.5. The molecule has 0 fully saturated rings. The summed E-state index contributed by atoms with van der Waals surface area (Å²) in [6, 6.07) is 18.3. The van der Waals surface area contributed by atoms with E-state index in [1.54, 1.807) is 30.3 Å². The number of hydrogen-bond acceptors (Lipinski definition) is 4. The predicted octanol–water partition coefficient (Wildman–Crippen LogP) is 4.34. The lowest BCUT2D eigenvalue weighted by atomic mass is 10.2. The van der Waals surface area contributed by atoms with E-state index in [2.05, 4.69) is 0 Å². The molecule has 32 heavy (non-hydrogen) atoms. The zero-order valence-corrected chi connectivity index (χ0v) is 19.1. The third-order valence-corrected chi connectivity index (χ3v) is 6.94. The summed E-state index contributed by atoms with van der Waals surface area (Å²) >= 11 is 5.88. The van der Waals surface area contributed by atoms with Gasteiger partial charge in [-0.2, -0.15) is 4.31 Å². The second-order valence-electron chi connectivity index (χ2n) is 6.97. The Labute approximate surface area is 191 Å². The Morgan fingerprint density at radius 2 is 1.72 bits per heavy atom. The van der Waals surface area contributed by atoms with Gasteiger partial charge < -0.3 is 9.64 Å². The highest BCUT2D eigenvalue weighted by molar-refractivity contribution is 7.89. The van der Waals surface area contributed by atoms with Crippen molar-refractivity contribution in [3.05, 3.63) is 89.2 Å². The Balaban J connectivity index is 1.93. The number of carbonyl (C=O) groups excluding carboxylic acids is 1. The average Bonchev–Trinajstić information content (AvgIpc) is 2.79. The van der Waals surface area contributed by atoms with Crippen molar-refractivity contribution >= 4 is 33.2 Å². The van der Waals surface area contributed by atoms with E-state index in [9.17, 15) is 17.6 Å². The standard InChI is InChI=1S/C23H22ClFN2O4S/c1-26(19-7-5-8-20(14-19)31-2)23(28)16-27(15-17-6-3-4-9-22(17)25)32(29,30)21-12-10-18(24)11-13-21/h3-14H,15-16H2,1-2H3. The number of ether oxygens (including phenoxy) is 1. The highest BCUT2D eigenvalue weighted by Crippen LogP contribution is 2.24. The van der Waals surface area contributed by atoms with Crippen molar-refractivity contribution in [2.45, 2.75) is 11.4 Å². The van der Waals surface area contributed by atoms with Crippen LogP contribution in [0.1, 0.15) is 5.56 Å². The van der Waals surface area contributed by atoms with Crippen molar-refractivity contribution in [1.29, 1.82) is 0 Å². The molecule has 0 bridgehead atoms. The maximum atomic E-state index is 14.3. The third kappa shape index (κ3) is 5.45. The molecular formula is C23H22ClFN2O4S. The first-order valence-electron chi connectivity index (χ1n) is 9.62. The largest absolute Gasteiger partial charge is 0.497 e. The smallest absolute Gasteiger partial charge is 0.243 e. The maximum absolute atomic E-state index is 14.3. The summed E-state index contributed by atoms with van der Waals surface area (Å²) in [6.45, 7) is -0.803. The van der Waals surface area contributed by atoms with E-state index >= 15 is 0 Å². The molecule has 0 unspecified atom stereocenters.